The minimum absolute atomic E-state index is 0.0887. The highest BCUT2D eigenvalue weighted by molar-refractivity contribution is 5.80. The van der Waals surface area contributed by atoms with Gasteiger partial charge in [-0.15, -0.1) is 0 Å². The number of unbranched alkanes of at least 4 members (excludes halogenated alkanes) is 25. The molecular formula is C68H117NO10. The van der Waals surface area contributed by atoms with Gasteiger partial charge in [0, 0.05) is 6.42 Å². The van der Waals surface area contributed by atoms with Crippen LogP contribution in [0.25, 0.3) is 0 Å². The number of carbonyl (C=O) groups is 2. The summed E-state index contributed by atoms with van der Waals surface area (Å²) < 4.78 is 17.6. The second-order valence-electron chi connectivity index (χ2n) is 21.8. The van der Waals surface area contributed by atoms with Gasteiger partial charge >= 0.3 is 5.97 Å². The highest BCUT2D eigenvalue weighted by Crippen LogP contribution is 2.26. The Morgan fingerprint density at radius 2 is 0.911 bits per heavy atom. The first kappa shape index (κ1) is 73.6. The maximum atomic E-state index is 13.4. The van der Waals surface area contributed by atoms with Crippen molar-refractivity contribution in [3.8, 4) is 0 Å². The number of aliphatic hydroxyl groups is 5. The van der Waals surface area contributed by atoms with Crippen LogP contribution >= 0.6 is 0 Å². The minimum Gasteiger partial charge on any atom is -0.454 e. The molecule has 6 N–H and O–H groups in total. The van der Waals surface area contributed by atoms with E-state index in [0.717, 1.165) is 122 Å². The van der Waals surface area contributed by atoms with Crippen molar-refractivity contribution in [1.82, 2.24) is 5.32 Å². The van der Waals surface area contributed by atoms with Gasteiger partial charge in [-0.2, -0.15) is 0 Å². The van der Waals surface area contributed by atoms with E-state index >= 15 is 0 Å². The number of hydrogen-bond acceptors (Lipinski definition) is 10. The van der Waals surface area contributed by atoms with Gasteiger partial charge in [-0.1, -0.05) is 246 Å². The van der Waals surface area contributed by atoms with Crippen molar-refractivity contribution in [2.45, 2.75) is 307 Å². The lowest BCUT2D eigenvalue weighted by atomic mass is 9.99. The van der Waals surface area contributed by atoms with E-state index in [4.69, 9.17) is 14.2 Å². The van der Waals surface area contributed by atoms with Crippen LogP contribution in [0.3, 0.4) is 0 Å². The number of amides is 1. The molecule has 1 aliphatic rings. The summed E-state index contributed by atoms with van der Waals surface area (Å²) in [6.07, 6.45) is 63.0. The molecule has 0 radical (unpaired) electrons. The number of esters is 1. The molecule has 8 atom stereocenters. The Balaban J connectivity index is 2.66. The Kier molecular flexibility index (Phi) is 51.4. The number of nitrogens with one attached hydrogen (secondary N) is 1. The maximum absolute atomic E-state index is 13.4. The highest BCUT2D eigenvalue weighted by Gasteiger charge is 2.47. The Morgan fingerprint density at radius 3 is 1.38 bits per heavy atom. The van der Waals surface area contributed by atoms with E-state index in [9.17, 15) is 35.1 Å². The second-order valence-corrected chi connectivity index (χ2v) is 21.8. The van der Waals surface area contributed by atoms with E-state index in [0.29, 0.717) is 12.8 Å². The summed E-state index contributed by atoms with van der Waals surface area (Å²) >= 11 is 0. The number of allylic oxidation sites excluding steroid dienone is 15. The SMILES string of the molecule is CC/C=C\C/C=C\C/C=C\C/C=C\C/C=C\C/C=C\CCCCCCC(=O)OC1C(OCC(NC(=O)C(O)CCCCCCCC/C=C/CCCCCCCC)C(O)/C=C/CCCCCCCCCCC)OC(CO)C(O)C1O. The molecule has 1 fully saturated rings. The third kappa shape index (κ3) is 43.0. The summed E-state index contributed by atoms with van der Waals surface area (Å²) in [4.78, 5) is 26.6. The third-order valence-electron chi connectivity index (χ3n) is 14.5. The zero-order valence-electron chi connectivity index (χ0n) is 50.2. The zero-order chi connectivity index (χ0) is 57.5. The van der Waals surface area contributed by atoms with Crippen LogP contribution in [-0.4, -0.2) is 99.6 Å². The number of rotatable bonds is 53. The van der Waals surface area contributed by atoms with Crippen LogP contribution in [0.15, 0.2) is 97.2 Å². The van der Waals surface area contributed by atoms with Crippen molar-refractivity contribution in [3.05, 3.63) is 97.2 Å². The van der Waals surface area contributed by atoms with Gasteiger partial charge in [0.15, 0.2) is 12.4 Å². The van der Waals surface area contributed by atoms with Crippen LogP contribution < -0.4 is 5.32 Å². The number of hydrogen-bond donors (Lipinski definition) is 6. The van der Waals surface area contributed by atoms with Crippen LogP contribution in [-0.2, 0) is 23.8 Å². The Bertz CT molecular complexity index is 1650. The first-order valence-corrected chi connectivity index (χ1v) is 32.0. The number of carbonyl (C=O) groups excluding carboxylic acids is 2. The topological polar surface area (TPSA) is 175 Å². The zero-order valence-corrected chi connectivity index (χ0v) is 50.2. The molecule has 0 bridgehead atoms. The van der Waals surface area contributed by atoms with Crippen molar-refractivity contribution in [2.75, 3.05) is 13.2 Å². The van der Waals surface area contributed by atoms with Crippen LogP contribution in [0.1, 0.15) is 258 Å². The molecule has 1 rings (SSSR count). The van der Waals surface area contributed by atoms with Gasteiger partial charge < -0.3 is 45.1 Å². The summed E-state index contributed by atoms with van der Waals surface area (Å²) in [7, 11) is 0. The van der Waals surface area contributed by atoms with Gasteiger partial charge in [0.1, 0.15) is 24.4 Å². The molecule has 1 heterocycles. The maximum Gasteiger partial charge on any atom is 0.306 e. The fourth-order valence-electron chi connectivity index (χ4n) is 9.41. The highest BCUT2D eigenvalue weighted by atomic mass is 16.7. The lowest BCUT2D eigenvalue weighted by molar-refractivity contribution is -0.305. The minimum atomic E-state index is -1.63. The lowest BCUT2D eigenvalue weighted by Crippen LogP contribution is -2.61. The molecule has 454 valence electrons. The molecule has 1 aliphatic heterocycles. The molecule has 0 aliphatic carbocycles. The van der Waals surface area contributed by atoms with Crippen LogP contribution in [0.2, 0.25) is 0 Å². The fraction of sp³-hybridized carbons (Fsp3) is 0.735. The lowest BCUT2D eigenvalue weighted by Gasteiger charge is -2.41. The van der Waals surface area contributed by atoms with Gasteiger partial charge in [-0.3, -0.25) is 9.59 Å². The van der Waals surface area contributed by atoms with E-state index < -0.39 is 67.4 Å². The van der Waals surface area contributed by atoms with Crippen molar-refractivity contribution < 1.29 is 49.3 Å². The average molecular weight is 1110 g/mol. The van der Waals surface area contributed by atoms with Gasteiger partial charge in [-0.25, -0.2) is 0 Å². The van der Waals surface area contributed by atoms with Crippen molar-refractivity contribution in [3.63, 3.8) is 0 Å². The molecule has 11 heteroatoms. The van der Waals surface area contributed by atoms with Gasteiger partial charge in [0.05, 0.1) is 25.4 Å². The van der Waals surface area contributed by atoms with Gasteiger partial charge in [0.2, 0.25) is 5.91 Å². The summed E-state index contributed by atoms with van der Waals surface area (Å²) in [5, 5.41) is 57.0. The van der Waals surface area contributed by atoms with E-state index in [1.165, 1.54) is 89.9 Å². The first-order chi connectivity index (χ1) is 38.7. The predicted molar refractivity (Wildman–Crippen MR) is 329 cm³/mol. The van der Waals surface area contributed by atoms with Crippen molar-refractivity contribution in [1.29, 1.82) is 0 Å². The molecular weight excluding hydrogens is 991 g/mol. The fourth-order valence-corrected chi connectivity index (χ4v) is 9.41. The smallest absolute Gasteiger partial charge is 0.306 e. The molecule has 1 saturated heterocycles. The molecule has 1 amide bonds. The van der Waals surface area contributed by atoms with E-state index in [-0.39, 0.29) is 19.4 Å². The molecule has 79 heavy (non-hydrogen) atoms. The summed E-state index contributed by atoms with van der Waals surface area (Å²) in [6, 6.07) is -1.04. The monoisotopic (exact) mass is 1110 g/mol. The van der Waals surface area contributed by atoms with E-state index in [1.807, 2.05) is 6.08 Å². The molecule has 11 nitrogen and oxygen atoms in total. The molecule has 0 aromatic heterocycles. The standard InChI is InChI=1S/C68H117NO10/c1-4-7-10-13-16-19-22-24-26-28-29-30-31-32-33-34-36-38-41-44-47-50-53-56-63(73)79-66-65(75)64(74)62(57-70)78-68(66)77-58-59(60(71)54-51-48-45-42-39-21-18-15-12-9-6-3)69-67(76)61(72)55-52-49-46-43-40-37-35-27-25-23-20-17-14-11-8-5-2/h7,10,16,19,24-27,29-30,32-33,36,38,51,54,59-62,64-66,68,70-72,74-75H,4-6,8-9,11-15,17-18,20-23,28,31,34-35,37,39-50,52-53,55-58H2,1-3H3,(H,69,76)/b10-7-,19-16-,26-24-,27-25+,30-29-,33-32-,38-36-,54-51+. The predicted octanol–water partition coefficient (Wildman–Crippen LogP) is 15.5. The molecule has 8 unspecified atom stereocenters. The quantitative estimate of drug-likeness (QED) is 0.0195. The Morgan fingerprint density at radius 1 is 0.506 bits per heavy atom. The second kappa shape index (κ2) is 55.1. The summed E-state index contributed by atoms with van der Waals surface area (Å²) in [6.45, 7) is 5.65. The summed E-state index contributed by atoms with van der Waals surface area (Å²) in [5.74, 6) is -1.23. The largest absolute Gasteiger partial charge is 0.454 e. The Labute approximate surface area is 482 Å². The molecule has 0 saturated carbocycles. The molecule has 0 aromatic carbocycles. The van der Waals surface area contributed by atoms with Gasteiger partial charge in [0.25, 0.3) is 0 Å². The van der Waals surface area contributed by atoms with Crippen LogP contribution in [0.4, 0.5) is 0 Å². The average Bonchev–Trinajstić information content (AvgIpc) is 3.47. The molecule has 0 aromatic rings. The van der Waals surface area contributed by atoms with E-state index in [2.05, 4.69) is 111 Å². The van der Waals surface area contributed by atoms with Gasteiger partial charge in [-0.05, 0) is 103 Å². The van der Waals surface area contributed by atoms with Crippen molar-refractivity contribution >= 4 is 11.9 Å². The Hall–Kier alpha value is -3.42. The van der Waals surface area contributed by atoms with Crippen molar-refractivity contribution in [2.24, 2.45) is 0 Å². The van der Waals surface area contributed by atoms with Crippen LogP contribution in [0, 0.1) is 0 Å². The number of ether oxygens (including phenoxy) is 3. The first-order valence-electron chi connectivity index (χ1n) is 32.0. The third-order valence-corrected chi connectivity index (χ3v) is 14.5. The molecule has 0 spiro atoms. The summed E-state index contributed by atoms with van der Waals surface area (Å²) in [5.41, 5.74) is 0. The van der Waals surface area contributed by atoms with Crippen LogP contribution in [0.5, 0.6) is 0 Å². The normalized spacial score (nSPS) is 19.5. The van der Waals surface area contributed by atoms with E-state index in [1.54, 1.807) is 6.08 Å². The number of aliphatic hydroxyl groups excluding tert-OH is 5.